The van der Waals surface area contributed by atoms with Gasteiger partial charge in [0, 0.05) is 32.2 Å². The van der Waals surface area contributed by atoms with E-state index in [9.17, 15) is 27.6 Å². The van der Waals surface area contributed by atoms with Gasteiger partial charge in [0.15, 0.2) is 0 Å². The summed E-state index contributed by atoms with van der Waals surface area (Å²) in [4.78, 5) is 36.2. The van der Waals surface area contributed by atoms with Gasteiger partial charge in [-0.1, -0.05) is 11.8 Å². The average Bonchev–Trinajstić information content (AvgIpc) is 2.90. The molecule has 10 heteroatoms. The first-order valence-corrected chi connectivity index (χ1v) is 8.36. The van der Waals surface area contributed by atoms with Crippen molar-refractivity contribution < 1.29 is 27.6 Å². The molecule has 6 nitrogen and oxygen atoms in total. The second-order valence-electron chi connectivity index (χ2n) is 5.34. The minimum Gasteiger partial charge on any atom is -0.332 e. The van der Waals surface area contributed by atoms with E-state index in [-0.39, 0.29) is 29.6 Å². The average molecular weight is 375 g/mol. The molecule has 25 heavy (non-hydrogen) atoms. The summed E-state index contributed by atoms with van der Waals surface area (Å²) in [7, 11) is 0. The number of anilines is 2. The van der Waals surface area contributed by atoms with Gasteiger partial charge in [0.2, 0.25) is 11.8 Å². The van der Waals surface area contributed by atoms with Crippen LogP contribution in [0.4, 0.5) is 29.3 Å². The van der Waals surface area contributed by atoms with Crippen molar-refractivity contribution in [3.05, 3.63) is 23.8 Å². The van der Waals surface area contributed by atoms with E-state index in [0.29, 0.717) is 12.3 Å². The Morgan fingerprint density at radius 1 is 1.24 bits per heavy atom. The third-order valence-electron chi connectivity index (χ3n) is 3.39. The van der Waals surface area contributed by atoms with Gasteiger partial charge in [-0.25, -0.2) is 0 Å². The number of nitrogens with zero attached hydrogens (tertiary/aromatic N) is 1. The molecular formula is C15H16F3N3O3S. The number of hydrogen-bond acceptors (Lipinski definition) is 4. The zero-order valence-corrected chi connectivity index (χ0v) is 14.1. The molecule has 0 spiro atoms. The molecule has 136 valence electrons. The Morgan fingerprint density at radius 3 is 2.52 bits per heavy atom. The number of carbonyl (C=O) groups excluding carboxylic acids is 3. The van der Waals surface area contributed by atoms with Crippen molar-refractivity contribution in [1.29, 1.82) is 0 Å². The number of alkyl halides is 3. The second-order valence-corrected chi connectivity index (χ2v) is 6.39. The summed E-state index contributed by atoms with van der Waals surface area (Å²) in [6, 6.07) is 2.67. The molecular weight excluding hydrogens is 359 g/mol. The summed E-state index contributed by atoms with van der Waals surface area (Å²) < 4.78 is 38.5. The quantitative estimate of drug-likeness (QED) is 0.829. The number of carbonyl (C=O) groups is 3. The molecule has 0 aromatic heterocycles. The molecule has 2 rings (SSSR count). The Balaban J connectivity index is 2.10. The van der Waals surface area contributed by atoms with Crippen LogP contribution in [0.3, 0.4) is 0 Å². The van der Waals surface area contributed by atoms with Gasteiger partial charge in [-0.05, 0) is 18.2 Å². The summed E-state index contributed by atoms with van der Waals surface area (Å²) in [5, 5.41) is 4.62. The fourth-order valence-corrected chi connectivity index (χ4v) is 3.05. The smallest absolute Gasteiger partial charge is 0.332 e. The van der Waals surface area contributed by atoms with Gasteiger partial charge in [-0.3, -0.25) is 14.4 Å². The monoisotopic (exact) mass is 375 g/mol. The standard InChI is InChI=1S/C15H16F3N3O3S/c1-9(22)19-11-3-2-10(15(16,17)18)8-12(11)20-13(23)4-5-21-6-7-25-14(21)24/h2-3,8H,4-7H2,1H3,(H,19,22)(H,20,23). The number of hydrogen-bond donors (Lipinski definition) is 2. The van der Waals surface area contributed by atoms with Crippen LogP contribution in [0.2, 0.25) is 0 Å². The van der Waals surface area contributed by atoms with Crippen molar-refractivity contribution in [3.63, 3.8) is 0 Å². The van der Waals surface area contributed by atoms with Crippen LogP contribution in [0.5, 0.6) is 0 Å². The van der Waals surface area contributed by atoms with Crippen molar-refractivity contribution in [1.82, 2.24) is 4.90 Å². The predicted octanol–water partition coefficient (Wildman–Crippen LogP) is 3.16. The van der Waals surface area contributed by atoms with Crippen molar-refractivity contribution in [2.24, 2.45) is 0 Å². The van der Waals surface area contributed by atoms with Crippen LogP contribution in [0.1, 0.15) is 18.9 Å². The minimum absolute atomic E-state index is 0.0535. The highest BCUT2D eigenvalue weighted by atomic mass is 32.2. The maximum absolute atomic E-state index is 12.8. The van der Waals surface area contributed by atoms with Crippen LogP contribution in [-0.2, 0) is 15.8 Å². The molecule has 0 bridgehead atoms. The molecule has 1 aliphatic heterocycles. The van der Waals surface area contributed by atoms with Crippen LogP contribution in [0, 0.1) is 0 Å². The van der Waals surface area contributed by atoms with E-state index >= 15 is 0 Å². The zero-order chi connectivity index (χ0) is 18.6. The fourth-order valence-electron chi connectivity index (χ4n) is 2.20. The van der Waals surface area contributed by atoms with Gasteiger partial charge >= 0.3 is 6.18 Å². The number of halogens is 3. The van der Waals surface area contributed by atoms with E-state index in [1.54, 1.807) is 0 Å². The highest BCUT2D eigenvalue weighted by molar-refractivity contribution is 8.13. The van der Waals surface area contributed by atoms with Gasteiger partial charge in [0.1, 0.15) is 0 Å². The summed E-state index contributed by atoms with van der Waals surface area (Å²) >= 11 is 1.16. The second kappa shape index (κ2) is 7.77. The summed E-state index contributed by atoms with van der Waals surface area (Å²) in [6.07, 6.45) is -4.63. The molecule has 1 saturated heterocycles. The highest BCUT2D eigenvalue weighted by Crippen LogP contribution is 2.34. The van der Waals surface area contributed by atoms with Crippen molar-refractivity contribution >= 4 is 40.2 Å². The molecule has 1 heterocycles. The summed E-state index contributed by atoms with van der Waals surface area (Å²) in [5.74, 6) is -0.369. The first-order chi connectivity index (χ1) is 11.7. The Labute approximate surface area is 146 Å². The Kier molecular flexibility index (Phi) is 5.93. The lowest BCUT2D eigenvalue weighted by molar-refractivity contribution is -0.137. The van der Waals surface area contributed by atoms with Crippen LogP contribution in [0.15, 0.2) is 18.2 Å². The Bertz CT molecular complexity index is 694. The van der Waals surface area contributed by atoms with Crippen LogP contribution < -0.4 is 10.6 Å². The van der Waals surface area contributed by atoms with E-state index in [4.69, 9.17) is 0 Å². The Hall–Kier alpha value is -2.23. The van der Waals surface area contributed by atoms with E-state index in [0.717, 1.165) is 30.0 Å². The molecule has 1 fully saturated rings. The SMILES string of the molecule is CC(=O)Nc1ccc(C(F)(F)F)cc1NC(=O)CCN1CCSC1=O. The molecule has 0 radical (unpaired) electrons. The number of benzene rings is 1. The molecule has 0 unspecified atom stereocenters. The van der Waals surface area contributed by atoms with Crippen LogP contribution >= 0.6 is 11.8 Å². The largest absolute Gasteiger partial charge is 0.416 e. The van der Waals surface area contributed by atoms with E-state index in [1.165, 1.54) is 11.8 Å². The molecule has 0 atom stereocenters. The third-order valence-corrected chi connectivity index (χ3v) is 4.28. The van der Waals surface area contributed by atoms with Gasteiger partial charge in [-0.2, -0.15) is 13.2 Å². The molecule has 0 saturated carbocycles. The van der Waals surface area contributed by atoms with Gasteiger partial charge in [0.05, 0.1) is 16.9 Å². The number of thioether (sulfide) groups is 1. The van der Waals surface area contributed by atoms with Gasteiger partial charge in [-0.15, -0.1) is 0 Å². The lowest BCUT2D eigenvalue weighted by Gasteiger charge is -2.16. The lowest BCUT2D eigenvalue weighted by atomic mass is 10.1. The molecule has 1 aliphatic rings. The number of amides is 3. The summed E-state index contributed by atoms with van der Waals surface area (Å²) in [6.45, 7) is 1.93. The van der Waals surface area contributed by atoms with E-state index < -0.39 is 23.6 Å². The van der Waals surface area contributed by atoms with Gasteiger partial charge in [0.25, 0.3) is 5.24 Å². The topological polar surface area (TPSA) is 78.5 Å². The lowest BCUT2D eigenvalue weighted by Crippen LogP contribution is -2.28. The van der Waals surface area contributed by atoms with E-state index in [2.05, 4.69) is 10.6 Å². The van der Waals surface area contributed by atoms with Crippen LogP contribution in [-0.4, -0.2) is 40.8 Å². The molecule has 1 aromatic carbocycles. The molecule has 3 amide bonds. The fraction of sp³-hybridized carbons (Fsp3) is 0.400. The summed E-state index contributed by atoms with van der Waals surface area (Å²) in [5.41, 5.74) is -1.01. The normalized spacial score (nSPS) is 14.6. The molecule has 1 aromatic rings. The predicted molar refractivity (Wildman–Crippen MR) is 88.4 cm³/mol. The Morgan fingerprint density at radius 2 is 1.96 bits per heavy atom. The molecule has 2 N–H and O–H groups in total. The minimum atomic E-state index is -4.58. The third kappa shape index (κ3) is 5.38. The van der Waals surface area contributed by atoms with Crippen molar-refractivity contribution in [2.75, 3.05) is 29.5 Å². The molecule has 0 aliphatic carbocycles. The van der Waals surface area contributed by atoms with Gasteiger partial charge < -0.3 is 15.5 Å². The van der Waals surface area contributed by atoms with Crippen molar-refractivity contribution in [3.8, 4) is 0 Å². The number of rotatable bonds is 5. The maximum Gasteiger partial charge on any atom is 0.416 e. The zero-order valence-electron chi connectivity index (χ0n) is 13.3. The highest BCUT2D eigenvalue weighted by Gasteiger charge is 2.31. The van der Waals surface area contributed by atoms with Crippen molar-refractivity contribution in [2.45, 2.75) is 19.5 Å². The first kappa shape index (κ1) is 19.1. The number of nitrogens with one attached hydrogen (secondary N) is 2. The first-order valence-electron chi connectivity index (χ1n) is 7.37. The maximum atomic E-state index is 12.8. The van der Waals surface area contributed by atoms with E-state index in [1.807, 2.05) is 0 Å². The van der Waals surface area contributed by atoms with Crippen LogP contribution in [0.25, 0.3) is 0 Å².